The quantitative estimate of drug-likeness (QED) is 0.366. The number of hydrogen-bond acceptors (Lipinski definition) is 6. The number of benzene rings is 2. The lowest BCUT2D eigenvalue weighted by Gasteiger charge is -2.28. The number of carbonyl (C=O) groups excluding carboxylic acids is 1. The molecule has 0 atom stereocenters. The van der Waals surface area contributed by atoms with E-state index in [1.165, 1.54) is 5.56 Å². The Kier molecular flexibility index (Phi) is 7.15. The van der Waals surface area contributed by atoms with E-state index in [1.54, 1.807) is 18.2 Å². The Bertz CT molecular complexity index is 1140. The average molecular weight is 489 g/mol. The molecule has 4 rings (SSSR count). The molecule has 1 fully saturated rings. The van der Waals surface area contributed by atoms with Crippen LogP contribution in [-0.2, 0) is 4.79 Å². The molecule has 1 heterocycles. The molecule has 1 amide bonds. The third-order valence-corrected chi connectivity index (χ3v) is 6.29. The van der Waals surface area contributed by atoms with Crippen molar-refractivity contribution in [2.45, 2.75) is 38.0 Å². The van der Waals surface area contributed by atoms with Gasteiger partial charge in [0, 0.05) is 17.1 Å². The average Bonchev–Trinajstić information content (AvgIpc) is 3.25. The van der Waals surface area contributed by atoms with Crippen LogP contribution >= 0.6 is 23.2 Å². The predicted molar refractivity (Wildman–Crippen MR) is 125 cm³/mol. The second-order valence-corrected chi connectivity index (χ2v) is 8.90. The number of anilines is 3. The van der Waals surface area contributed by atoms with Crippen molar-refractivity contribution >= 4 is 52.5 Å². The Hall–Kier alpha value is -3.10. The molecule has 1 aromatic heterocycles. The minimum absolute atomic E-state index is 0.0261. The molecule has 10 heteroatoms. The third kappa shape index (κ3) is 6.03. The number of aromatic nitrogens is 2. The molecule has 0 bridgehead atoms. The van der Waals surface area contributed by atoms with Crippen LogP contribution in [0.4, 0.5) is 17.4 Å². The van der Waals surface area contributed by atoms with Crippen LogP contribution in [0.2, 0.25) is 10.0 Å². The monoisotopic (exact) mass is 488 g/mol. The zero-order chi connectivity index (χ0) is 23.4. The first kappa shape index (κ1) is 23.1. The molecule has 3 aromatic rings. The SMILES string of the molecule is O=C(O)CC1CCC(c2ccc(NC(=O)c3nnc(Nc4ccc(Cl)cc4Cl)o3)cc2)CC1. The van der Waals surface area contributed by atoms with Crippen molar-refractivity contribution < 1.29 is 19.1 Å². The summed E-state index contributed by atoms with van der Waals surface area (Å²) in [5.41, 5.74) is 2.31. The first-order valence-corrected chi connectivity index (χ1v) is 11.3. The first-order chi connectivity index (χ1) is 15.9. The van der Waals surface area contributed by atoms with E-state index in [2.05, 4.69) is 20.8 Å². The Balaban J connectivity index is 1.32. The Morgan fingerprint density at radius 3 is 2.42 bits per heavy atom. The fraction of sp³-hybridized carbons (Fsp3) is 0.304. The number of rotatable bonds is 7. The van der Waals surface area contributed by atoms with Gasteiger partial charge in [0.1, 0.15) is 0 Å². The smallest absolute Gasteiger partial charge is 0.320 e. The van der Waals surface area contributed by atoms with E-state index in [9.17, 15) is 9.59 Å². The maximum Gasteiger partial charge on any atom is 0.320 e. The highest BCUT2D eigenvalue weighted by Crippen LogP contribution is 2.37. The number of halogens is 2. The largest absolute Gasteiger partial charge is 0.481 e. The number of nitrogens with zero attached hydrogens (tertiary/aromatic N) is 2. The second kappa shape index (κ2) is 10.2. The van der Waals surface area contributed by atoms with Gasteiger partial charge < -0.3 is 20.2 Å². The maximum atomic E-state index is 12.5. The van der Waals surface area contributed by atoms with Crippen molar-refractivity contribution in [1.82, 2.24) is 10.2 Å². The lowest BCUT2D eigenvalue weighted by molar-refractivity contribution is -0.138. The van der Waals surface area contributed by atoms with E-state index < -0.39 is 11.9 Å². The highest BCUT2D eigenvalue weighted by Gasteiger charge is 2.24. The Morgan fingerprint density at radius 1 is 1.03 bits per heavy atom. The van der Waals surface area contributed by atoms with Crippen molar-refractivity contribution in [1.29, 1.82) is 0 Å². The lowest BCUT2D eigenvalue weighted by atomic mass is 9.77. The molecule has 0 aliphatic heterocycles. The summed E-state index contributed by atoms with van der Waals surface area (Å²) in [4.78, 5) is 23.4. The Labute approximate surface area is 200 Å². The van der Waals surface area contributed by atoms with Gasteiger partial charge in [0.15, 0.2) is 0 Å². The van der Waals surface area contributed by atoms with Crippen LogP contribution in [0.3, 0.4) is 0 Å². The lowest BCUT2D eigenvalue weighted by Crippen LogP contribution is -2.16. The maximum absolute atomic E-state index is 12.5. The van der Waals surface area contributed by atoms with Gasteiger partial charge in [-0.05, 0) is 73.4 Å². The molecule has 172 valence electrons. The highest BCUT2D eigenvalue weighted by molar-refractivity contribution is 6.36. The summed E-state index contributed by atoms with van der Waals surface area (Å²) in [6.07, 6.45) is 4.03. The summed E-state index contributed by atoms with van der Waals surface area (Å²) >= 11 is 12.0. The van der Waals surface area contributed by atoms with E-state index >= 15 is 0 Å². The van der Waals surface area contributed by atoms with Crippen molar-refractivity contribution in [3.63, 3.8) is 0 Å². The van der Waals surface area contributed by atoms with Crippen LogP contribution in [0.15, 0.2) is 46.9 Å². The number of hydrogen-bond donors (Lipinski definition) is 3. The summed E-state index contributed by atoms with van der Waals surface area (Å²) in [6.45, 7) is 0. The molecule has 0 unspecified atom stereocenters. The number of amides is 1. The van der Waals surface area contributed by atoms with Crippen molar-refractivity contribution in [3.8, 4) is 0 Å². The van der Waals surface area contributed by atoms with E-state index in [4.69, 9.17) is 32.7 Å². The molecule has 0 saturated heterocycles. The molecule has 1 aliphatic rings. The first-order valence-electron chi connectivity index (χ1n) is 10.6. The van der Waals surface area contributed by atoms with Gasteiger partial charge in [-0.15, -0.1) is 5.10 Å². The van der Waals surface area contributed by atoms with Crippen LogP contribution in [-0.4, -0.2) is 27.2 Å². The molecule has 8 nitrogen and oxygen atoms in total. The van der Waals surface area contributed by atoms with Crippen LogP contribution in [0.1, 0.15) is 54.3 Å². The van der Waals surface area contributed by atoms with E-state index in [0.717, 1.165) is 25.7 Å². The number of nitrogens with one attached hydrogen (secondary N) is 2. The highest BCUT2D eigenvalue weighted by atomic mass is 35.5. The fourth-order valence-electron chi connectivity index (χ4n) is 4.04. The van der Waals surface area contributed by atoms with Crippen LogP contribution in [0.25, 0.3) is 0 Å². The van der Waals surface area contributed by atoms with E-state index in [0.29, 0.717) is 27.3 Å². The summed E-state index contributed by atoms with van der Waals surface area (Å²) in [7, 11) is 0. The fourth-order valence-corrected chi connectivity index (χ4v) is 4.50. The van der Waals surface area contributed by atoms with Crippen LogP contribution in [0.5, 0.6) is 0 Å². The van der Waals surface area contributed by atoms with Gasteiger partial charge in [-0.3, -0.25) is 9.59 Å². The molecule has 3 N–H and O–H groups in total. The normalized spacial score (nSPS) is 18.0. The predicted octanol–water partition coefficient (Wildman–Crippen LogP) is 6.12. The van der Waals surface area contributed by atoms with Crippen LogP contribution < -0.4 is 10.6 Å². The number of aliphatic carboxylic acids is 1. The summed E-state index contributed by atoms with van der Waals surface area (Å²) in [6, 6.07) is 12.6. The number of carboxylic acids is 1. The zero-order valence-electron chi connectivity index (χ0n) is 17.6. The van der Waals surface area contributed by atoms with E-state index in [1.807, 2.05) is 24.3 Å². The van der Waals surface area contributed by atoms with Gasteiger partial charge in [-0.1, -0.05) is 40.4 Å². The van der Waals surface area contributed by atoms with E-state index in [-0.39, 0.29) is 24.2 Å². The molecule has 1 aliphatic carbocycles. The molecular weight excluding hydrogens is 467 g/mol. The minimum Gasteiger partial charge on any atom is -0.481 e. The molecule has 0 spiro atoms. The summed E-state index contributed by atoms with van der Waals surface area (Å²) in [5.74, 6) is -0.773. The van der Waals surface area contributed by atoms with Gasteiger partial charge in [0.05, 0.1) is 10.7 Å². The zero-order valence-corrected chi connectivity index (χ0v) is 19.1. The van der Waals surface area contributed by atoms with Gasteiger partial charge in [-0.25, -0.2) is 0 Å². The van der Waals surface area contributed by atoms with Crippen molar-refractivity contribution in [2.24, 2.45) is 5.92 Å². The van der Waals surface area contributed by atoms with Crippen LogP contribution in [0, 0.1) is 5.92 Å². The standard InChI is InChI=1S/C23H22Cl2N4O4/c24-16-7-10-19(18(25)12-16)27-23-29-28-22(33-23)21(32)26-17-8-5-15(6-9-17)14-3-1-13(2-4-14)11-20(30)31/h5-10,12-14H,1-4,11H2,(H,26,32)(H,27,29)(H,30,31). The minimum atomic E-state index is -0.725. The third-order valence-electron chi connectivity index (χ3n) is 5.74. The number of carbonyl (C=O) groups is 2. The van der Waals surface area contributed by atoms with Crippen molar-refractivity contribution in [3.05, 3.63) is 64.0 Å². The number of carboxylic acid groups (broad SMARTS) is 1. The molecule has 33 heavy (non-hydrogen) atoms. The molecule has 1 saturated carbocycles. The summed E-state index contributed by atoms with van der Waals surface area (Å²) < 4.78 is 5.38. The van der Waals surface area contributed by atoms with Gasteiger partial charge in [0.25, 0.3) is 0 Å². The van der Waals surface area contributed by atoms with Crippen molar-refractivity contribution in [2.75, 3.05) is 10.6 Å². The molecule has 2 aromatic carbocycles. The summed E-state index contributed by atoms with van der Waals surface area (Å²) in [5, 5.41) is 23.0. The molecular formula is C23H22Cl2N4O4. The van der Waals surface area contributed by atoms with Gasteiger partial charge in [0.2, 0.25) is 0 Å². The van der Waals surface area contributed by atoms with Gasteiger partial charge >= 0.3 is 23.8 Å². The molecule has 0 radical (unpaired) electrons. The second-order valence-electron chi connectivity index (χ2n) is 8.05. The Morgan fingerprint density at radius 2 is 1.76 bits per heavy atom. The topological polar surface area (TPSA) is 117 Å². The van der Waals surface area contributed by atoms with Gasteiger partial charge in [-0.2, -0.15) is 0 Å².